The van der Waals surface area contributed by atoms with Gasteiger partial charge in [-0.1, -0.05) is 18.6 Å². The van der Waals surface area contributed by atoms with Gasteiger partial charge in [-0.25, -0.2) is 0 Å². The van der Waals surface area contributed by atoms with E-state index in [1.807, 2.05) is 31.3 Å². The van der Waals surface area contributed by atoms with Crippen LogP contribution in [0.1, 0.15) is 24.8 Å². The fourth-order valence-corrected chi connectivity index (χ4v) is 1.85. The molecule has 4 nitrogen and oxygen atoms in total. The molecule has 0 fully saturated rings. The van der Waals surface area contributed by atoms with Crippen LogP contribution in [0.3, 0.4) is 0 Å². The molecule has 4 heteroatoms. The molecule has 0 saturated carbocycles. The Morgan fingerprint density at radius 1 is 1.21 bits per heavy atom. The Bertz CT molecular complexity index is 376. The van der Waals surface area contributed by atoms with Gasteiger partial charge in [0.15, 0.2) is 0 Å². The van der Waals surface area contributed by atoms with Gasteiger partial charge in [0.25, 0.3) is 0 Å². The predicted octanol–water partition coefficient (Wildman–Crippen LogP) is 1.83. The number of unbranched alkanes of at least 4 members (excludes halogenated alkanes) is 2. The van der Waals surface area contributed by atoms with Crippen LogP contribution in [0.5, 0.6) is 5.75 Å². The number of hydrogen-bond acceptors (Lipinski definition) is 3. The van der Waals surface area contributed by atoms with Crippen LogP contribution in [0.25, 0.3) is 0 Å². The van der Waals surface area contributed by atoms with E-state index in [2.05, 4.69) is 0 Å². The molecule has 1 rings (SSSR count). The third-order valence-corrected chi connectivity index (χ3v) is 3.14. The van der Waals surface area contributed by atoms with E-state index in [0.717, 1.165) is 43.7 Å². The van der Waals surface area contributed by atoms with Crippen molar-refractivity contribution in [2.24, 2.45) is 5.73 Å². The number of hydrogen-bond donors (Lipinski definition) is 1. The Morgan fingerprint density at radius 3 is 2.47 bits per heavy atom. The second-order valence-corrected chi connectivity index (χ2v) is 4.69. The maximum atomic E-state index is 12.0. The van der Waals surface area contributed by atoms with Crippen LogP contribution in [0.4, 0.5) is 0 Å². The lowest BCUT2D eigenvalue weighted by Gasteiger charge is -2.17. The van der Waals surface area contributed by atoms with Crippen LogP contribution in [-0.4, -0.2) is 38.1 Å². The number of carbonyl (C=O) groups is 1. The molecule has 0 aromatic heterocycles. The minimum Gasteiger partial charge on any atom is -0.497 e. The summed E-state index contributed by atoms with van der Waals surface area (Å²) in [4.78, 5) is 13.8. The Balaban J connectivity index is 2.36. The highest BCUT2D eigenvalue weighted by Crippen LogP contribution is 2.12. The molecule has 0 unspecified atom stereocenters. The van der Waals surface area contributed by atoms with Gasteiger partial charge in [0.05, 0.1) is 13.5 Å². The first-order valence-electron chi connectivity index (χ1n) is 6.74. The molecule has 0 saturated heterocycles. The topological polar surface area (TPSA) is 55.6 Å². The lowest BCUT2D eigenvalue weighted by atomic mass is 10.1. The first-order valence-corrected chi connectivity index (χ1v) is 6.74. The van der Waals surface area contributed by atoms with E-state index in [4.69, 9.17) is 10.5 Å². The number of amides is 1. The minimum atomic E-state index is 0.151. The SMILES string of the molecule is COc1ccc(CC(=O)N(C)CCCCCN)cc1. The standard InChI is InChI=1S/C15H24N2O2/c1-17(11-5-3-4-10-16)15(18)12-13-6-8-14(19-2)9-7-13/h6-9H,3-5,10-12,16H2,1-2H3. The lowest BCUT2D eigenvalue weighted by molar-refractivity contribution is -0.129. The van der Waals surface area contributed by atoms with Crippen LogP contribution >= 0.6 is 0 Å². The number of rotatable bonds is 8. The second kappa shape index (κ2) is 8.53. The molecule has 1 aromatic rings. The van der Waals surface area contributed by atoms with Gasteiger partial charge in [-0.3, -0.25) is 4.79 Å². The van der Waals surface area contributed by atoms with Crippen molar-refractivity contribution in [2.75, 3.05) is 27.2 Å². The zero-order chi connectivity index (χ0) is 14.1. The molecule has 19 heavy (non-hydrogen) atoms. The van der Waals surface area contributed by atoms with Crippen LogP contribution < -0.4 is 10.5 Å². The summed E-state index contributed by atoms with van der Waals surface area (Å²) in [5, 5.41) is 0. The van der Waals surface area contributed by atoms with Crippen molar-refractivity contribution < 1.29 is 9.53 Å². The smallest absolute Gasteiger partial charge is 0.226 e. The van der Waals surface area contributed by atoms with Gasteiger partial charge >= 0.3 is 0 Å². The molecule has 1 amide bonds. The highest BCUT2D eigenvalue weighted by molar-refractivity contribution is 5.78. The van der Waals surface area contributed by atoms with E-state index in [1.165, 1.54) is 0 Å². The van der Waals surface area contributed by atoms with Crippen molar-refractivity contribution in [2.45, 2.75) is 25.7 Å². The fourth-order valence-electron chi connectivity index (χ4n) is 1.85. The quantitative estimate of drug-likeness (QED) is 0.729. The lowest BCUT2D eigenvalue weighted by Crippen LogP contribution is -2.29. The van der Waals surface area contributed by atoms with Gasteiger partial charge in [0.2, 0.25) is 5.91 Å². The third kappa shape index (κ3) is 5.75. The van der Waals surface area contributed by atoms with Gasteiger partial charge in [0.1, 0.15) is 5.75 Å². The van der Waals surface area contributed by atoms with Crippen LogP contribution in [0.15, 0.2) is 24.3 Å². The molecular weight excluding hydrogens is 240 g/mol. The number of nitrogens with two attached hydrogens (primary N) is 1. The third-order valence-electron chi connectivity index (χ3n) is 3.14. The summed E-state index contributed by atoms with van der Waals surface area (Å²) in [6, 6.07) is 7.62. The predicted molar refractivity (Wildman–Crippen MR) is 77.2 cm³/mol. The molecular formula is C15H24N2O2. The molecule has 0 aliphatic rings. The van der Waals surface area contributed by atoms with E-state index in [0.29, 0.717) is 6.42 Å². The average molecular weight is 264 g/mol. The van der Waals surface area contributed by atoms with E-state index >= 15 is 0 Å². The largest absolute Gasteiger partial charge is 0.497 e. The molecule has 0 bridgehead atoms. The van der Waals surface area contributed by atoms with Crippen molar-refractivity contribution in [1.82, 2.24) is 4.90 Å². The maximum absolute atomic E-state index is 12.0. The summed E-state index contributed by atoms with van der Waals surface area (Å²) in [6.07, 6.45) is 3.57. The normalized spacial score (nSPS) is 10.3. The molecule has 2 N–H and O–H groups in total. The molecule has 106 valence electrons. The Kier molecular flexibility index (Phi) is 6.97. The molecule has 0 aliphatic heterocycles. The molecule has 1 aromatic carbocycles. The van der Waals surface area contributed by atoms with E-state index in [9.17, 15) is 4.79 Å². The molecule has 0 radical (unpaired) electrons. The highest BCUT2D eigenvalue weighted by Gasteiger charge is 2.09. The highest BCUT2D eigenvalue weighted by atomic mass is 16.5. The van der Waals surface area contributed by atoms with Crippen molar-refractivity contribution >= 4 is 5.91 Å². The van der Waals surface area contributed by atoms with Gasteiger partial charge < -0.3 is 15.4 Å². The summed E-state index contributed by atoms with van der Waals surface area (Å²) < 4.78 is 5.09. The van der Waals surface area contributed by atoms with E-state index in [-0.39, 0.29) is 5.91 Å². The molecule has 0 atom stereocenters. The summed E-state index contributed by atoms with van der Waals surface area (Å²) in [6.45, 7) is 1.53. The van der Waals surface area contributed by atoms with E-state index < -0.39 is 0 Å². The number of methoxy groups -OCH3 is 1. The zero-order valence-corrected chi connectivity index (χ0v) is 11.9. The number of ether oxygens (including phenoxy) is 1. The van der Waals surface area contributed by atoms with Gasteiger partial charge in [-0.15, -0.1) is 0 Å². The van der Waals surface area contributed by atoms with Gasteiger partial charge in [0, 0.05) is 13.6 Å². The molecule has 0 heterocycles. The fraction of sp³-hybridized carbons (Fsp3) is 0.533. The first-order chi connectivity index (χ1) is 9.17. The van der Waals surface area contributed by atoms with Crippen molar-refractivity contribution in [3.05, 3.63) is 29.8 Å². The number of carbonyl (C=O) groups excluding carboxylic acids is 1. The van der Waals surface area contributed by atoms with E-state index in [1.54, 1.807) is 12.0 Å². The Morgan fingerprint density at radius 2 is 1.89 bits per heavy atom. The maximum Gasteiger partial charge on any atom is 0.226 e. The number of benzene rings is 1. The zero-order valence-electron chi connectivity index (χ0n) is 11.9. The first kappa shape index (κ1) is 15.5. The van der Waals surface area contributed by atoms with Crippen LogP contribution in [0.2, 0.25) is 0 Å². The van der Waals surface area contributed by atoms with Crippen LogP contribution in [-0.2, 0) is 11.2 Å². The minimum absolute atomic E-state index is 0.151. The van der Waals surface area contributed by atoms with Gasteiger partial charge in [-0.2, -0.15) is 0 Å². The van der Waals surface area contributed by atoms with Crippen molar-refractivity contribution in [3.8, 4) is 5.75 Å². The van der Waals surface area contributed by atoms with Crippen molar-refractivity contribution in [3.63, 3.8) is 0 Å². The Labute approximate surface area is 115 Å². The summed E-state index contributed by atoms with van der Waals surface area (Å²) in [5.41, 5.74) is 6.45. The average Bonchev–Trinajstić information content (AvgIpc) is 2.44. The monoisotopic (exact) mass is 264 g/mol. The molecule has 0 spiro atoms. The second-order valence-electron chi connectivity index (χ2n) is 4.69. The molecule has 0 aliphatic carbocycles. The van der Waals surface area contributed by atoms with Crippen LogP contribution in [0, 0.1) is 0 Å². The summed E-state index contributed by atoms with van der Waals surface area (Å²) in [5.74, 6) is 0.962. The number of likely N-dealkylation sites (N-methyl/N-ethyl adjacent to an activating group) is 1. The van der Waals surface area contributed by atoms with Crippen molar-refractivity contribution in [1.29, 1.82) is 0 Å². The number of nitrogens with zero attached hydrogens (tertiary/aromatic N) is 1. The summed E-state index contributed by atoms with van der Waals surface area (Å²) >= 11 is 0. The van der Waals surface area contributed by atoms with Gasteiger partial charge in [-0.05, 0) is 37.1 Å². The Hall–Kier alpha value is -1.55. The summed E-state index contributed by atoms with van der Waals surface area (Å²) in [7, 11) is 3.49.